The Morgan fingerprint density at radius 2 is 1.58 bits per heavy atom. The topological polar surface area (TPSA) is 12.0 Å². The Bertz CT molecular complexity index is 279. The first kappa shape index (κ1) is 14.3. The first-order chi connectivity index (χ1) is 9.11. The lowest BCUT2D eigenvalue weighted by Crippen LogP contribution is -2.56. The quantitative estimate of drug-likeness (QED) is 0.778. The fourth-order valence-electron chi connectivity index (χ4n) is 5.65. The van der Waals surface area contributed by atoms with E-state index in [2.05, 4.69) is 37.8 Å². The van der Waals surface area contributed by atoms with Crippen LogP contribution in [0.15, 0.2) is 0 Å². The monoisotopic (exact) mass is 281 g/mol. The molecule has 0 aromatic carbocycles. The van der Waals surface area contributed by atoms with Gasteiger partial charge in [0.15, 0.2) is 0 Å². The van der Waals surface area contributed by atoms with Gasteiger partial charge in [-0.1, -0.05) is 6.92 Å². The zero-order valence-electron chi connectivity index (χ0n) is 13.0. The maximum absolute atomic E-state index is 3.95. The normalized spacial score (nSPS) is 43.4. The van der Waals surface area contributed by atoms with Gasteiger partial charge < -0.3 is 5.32 Å². The molecule has 0 aromatic heterocycles. The minimum atomic E-state index is 0.667. The zero-order valence-corrected chi connectivity index (χ0v) is 13.8. The van der Waals surface area contributed by atoms with Crippen LogP contribution in [0.1, 0.15) is 59.3 Å². The van der Waals surface area contributed by atoms with Gasteiger partial charge in [-0.2, -0.15) is 11.8 Å². The third-order valence-corrected chi connectivity index (χ3v) is 7.25. The molecule has 2 heteroatoms. The second kappa shape index (κ2) is 5.60. The molecule has 0 aromatic rings. The lowest BCUT2D eigenvalue weighted by Gasteiger charge is -2.59. The summed E-state index contributed by atoms with van der Waals surface area (Å²) >= 11 is 2.07. The molecule has 1 nitrogen and oxygen atoms in total. The molecule has 0 heterocycles. The summed E-state index contributed by atoms with van der Waals surface area (Å²) in [7, 11) is 0. The number of nitrogens with one attached hydrogen (secondary N) is 1. The minimum Gasteiger partial charge on any atom is -0.310 e. The van der Waals surface area contributed by atoms with Crippen molar-refractivity contribution in [2.75, 3.05) is 11.5 Å². The molecule has 4 fully saturated rings. The first-order valence-corrected chi connectivity index (χ1v) is 9.60. The van der Waals surface area contributed by atoms with Crippen molar-refractivity contribution in [2.45, 2.75) is 71.4 Å². The van der Waals surface area contributed by atoms with Gasteiger partial charge in [-0.25, -0.2) is 0 Å². The summed E-state index contributed by atoms with van der Waals surface area (Å²) in [5.74, 6) is 5.76. The number of thioether (sulfide) groups is 1. The van der Waals surface area contributed by atoms with Crippen LogP contribution in [0, 0.1) is 23.2 Å². The second-order valence-electron chi connectivity index (χ2n) is 7.73. The van der Waals surface area contributed by atoms with E-state index in [1.165, 1.54) is 30.8 Å². The maximum atomic E-state index is 3.95. The van der Waals surface area contributed by atoms with E-state index in [1.807, 2.05) is 0 Å². The molecule has 1 N–H and O–H groups in total. The Kier molecular flexibility index (Phi) is 4.20. The van der Waals surface area contributed by atoms with Crippen molar-refractivity contribution in [3.63, 3.8) is 0 Å². The summed E-state index contributed by atoms with van der Waals surface area (Å²) in [6, 6.07) is 1.40. The highest BCUT2D eigenvalue weighted by Gasteiger charge is 2.53. The zero-order chi connectivity index (χ0) is 13.5. The molecular weight excluding hydrogens is 250 g/mol. The fraction of sp³-hybridized carbons (Fsp3) is 1.00. The highest BCUT2D eigenvalue weighted by Crippen LogP contribution is 2.61. The summed E-state index contributed by atoms with van der Waals surface area (Å²) in [5, 5.41) is 3.95. The van der Waals surface area contributed by atoms with Crippen molar-refractivity contribution in [3.05, 3.63) is 0 Å². The minimum absolute atomic E-state index is 0.667. The van der Waals surface area contributed by atoms with Gasteiger partial charge in [-0.05, 0) is 81.3 Å². The van der Waals surface area contributed by atoms with Crippen LogP contribution in [-0.4, -0.2) is 23.6 Å². The van der Waals surface area contributed by atoms with E-state index in [-0.39, 0.29) is 0 Å². The number of hydrogen-bond acceptors (Lipinski definition) is 2. The molecule has 4 aliphatic rings. The highest BCUT2D eigenvalue weighted by atomic mass is 32.2. The molecule has 4 rings (SSSR count). The maximum Gasteiger partial charge on any atom is 0.0132 e. The fourth-order valence-corrected chi connectivity index (χ4v) is 6.34. The molecule has 0 radical (unpaired) electrons. The van der Waals surface area contributed by atoms with E-state index in [4.69, 9.17) is 0 Å². The van der Waals surface area contributed by atoms with E-state index in [0.717, 1.165) is 23.8 Å². The Labute approximate surface area is 123 Å². The molecule has 2 atom stereocenters. The Morgan fingerprint density at radius 3 is 2.05 bits per heavy atom. The second-order valence-corrected chi connectivity index (χ2v) is 9.05. The largest absolute Gasteiger partial charge is 0.310 e. The Morgan fingerprint density at radius 1 is 1.05 bits per heavy atom. The van der Waals surface area contributed by atoms with Crippen LogP contribution < -0.4 is 5.32 Å². The van der Waals surface area contributed by atoms with Gasteiger partial charge in [0.25, 0.3) is 0 Å². The van der Waals surface area contributed by atoms with Crippen molar-refractivity contribution in [3.8, 4) is 0 Å². The van der Waals surface area contributed by atoms with Gasteiger partial charge >= 0.3 is 0 Å². The molecule has 2 unspecified atom stereocenters. The molecule has 4 saturated carbocycles. The smallest absolute Gasteiger partial charge is 0.0132 e. The van der Waals surface area contributed by atoms with Crippen molar-refractivity contribution >= 4 is 11.8 Å². The number of hydrogen-bond donors (Lipinski definition) is 1. The third kappa shape index (κ3) is 2.85. The molecule has 110 valence electrons. The van der Waals surface area contributed by atoms with Crippen LogP contribution >= 0.6 is 11.8 Å². The molecule has 4 bridgehead atoms. The van der Waals surface area contributed by atoms with Gasteiger partial charge in [0.1, 0.15) is 0 Å². The van der Waals surface area contributed by atoms with E-state index in [0.29, 0.717) is 11.5 Å². The van der Waals surface area contributed by atoms with Crippen LogP contribution in [0.5, 0.6) is 0 Å². The van der Waals surface area contributed by atoms with Crippen LogP contribution in [-0.2, 0) is 0 Å². The average Bonchev–Trinajstić information content (AvgIpc) is 2.34. The van der Waals surface area contributed by atoms with Crippen molar-refractivity contribution in [1.29, 1.82) is 0 Å². The predicted octanol–water partition coefficient (Wildman–Crippen LogP) is 4.32. The van der Waals surface area contributed by atoms with Gasteiger partial charge in [0, 0.05) is 17.8 Å². The van der Waals surface area contributed by atoms with E-state index < -0.39 is 0 Å². The molecule has 0 saturated heterocycles. The highest BCUT2D eigenvalue weighted by molar-refractivity contribution is 7.99. The van der Waals surface area contributed by atoms with E-state index >= 15 is 0 Å². The first-order valence-electron chi connectivity index (χ1n) is 8.45. The van der Waals surface area contributed by atoms with Gasteiger partial charge in [0.05, 0.1) is 0 Å². The summed E-state index contributed by atoms with van der Waals surface area (Å²) in [5.41, 5.74) is 0.667. The van der Waals surface area contributed by atoms with Crippen LogP contribution in [0.2, 0.25) is 0 Å². The lowest BCUT2D eigenvalue weighted by molar-refractivity contribution is -0.0714. The average molecular weight is 282 g/mol. The standard InChI is InChI=1S/C17H31NS/c1-4-19-11-12(2)18-13(3)17-8-14-5-15(9-17)7-16(6-14)10-17/h12-16,18H,4-11H2,1-3H3. The molecule has 0 spiro atoms. The SMILES string of the molecule is CCSCC(C)NC(C)C12CC3CC(CC(C3)C1)C2. The summed E-state index contributed by atoms with van der Waals surface area (Å²) in [6.07, 6.45) is 9.27. The molecular formula is C17H31NS. The summed E-state index contributed by atoms with van der Waals surface area (Å²) in [6.45, 7) is 7.12. The Hall–Kier alpha value is 0.310. The lowest BCUT2D eigenvalue weighted by atomic mass is 9.48. The molecule has 4 aliphatic carbocycles. The van der Waals surface area contributed by atoms with Gasteiger partial charge in [-0.15, -0.1) is 0 Å². The van der Waals surface area contributed by atoms with E-state index in [1.54, 1.807) is 19.3 Å². The van der Waals surface area contributed by atoms with E-state index in [9.17, 15) is 0 Å². The van der Waals surface area contributed by atoms with Crippen molar-refractivity contribution < 1.29 is 0 Å². The summed E-state index contributed by atoms with van der Waals surface area (Å²) in [4.78, 5) is 0. The van der Waals surface area contributed by atoms with Gasteiger partial charge in [-0.3, -0.25) is 0 Å². The molecule has 19 heavy (non-hydrogen) atoms. The molecule has 0 aliphatic heterocycles. The number of rotatable bonds is 6. The predicted molar refractivity (Wildman–Crippen MR) is 85.7 cm³/mol. The van der Waals surface area contributed by atoms with Crippen LogP contribution in [0.25, 0.3) is 0 Å². The van der Waals surface area contributed by atoms with Crippen LogP contribution in [0.3, 0.4) is 0 Å². The van der Waals surface area contributed by atoms with Gasteiger partial charge in [0.2, 0.25) is 0 Å². The van der Waals surface area contributed by atoms with Crippen LogP contribution in [0.4, 0.5) is 0 Å². The van der Waals surface area contributed by atoms with Crippen molar-refractivity contribution in [1.82, 2.24) is 5.32 Å². The van der Waals surface area contributed by atoms with Crippen molar-refractivity contribution in [2.24, 2.45) is 23.2 Å². The summed E-state index contributed by atoms with van der Waals surface area (Å²) < 4.78 is 0. The Balaban J connectivity index is 1.61. The molecule has 0 amide bonds. The third-order valence-electron chi connectivity index (χ3n) is 6.11.